The number of amides is 1. The minimum absolute atomic E-state index is 0.401. The number of hydrogen-bond donors (Lipinski definition) is 1. The van der Waals surface area contributed by atoms with E-state index in [0.717, 1.165) is 17.1 Å². The van der Waals surface area contributed by atoms with E-state index < -0.39 is 11.2 Å². The molecule has 1 atom stereocenters. The van der Waals surface area contributed by atoms with Crippen molar-refractivity contribution in [1.29, 1.82) is 0 Å². The summed E-state index contributed by atoms with van der Waals surface area (Å²) in [5, 5.41) is 8.52. The smallest absolute Gasteiger partial charge is 0.235 e. The number of nitrogens with zero attached hydrogens (tertiary/aromatic N) is 3. The molecule has 1 amide bonds. The molecular weight excluding hydrogens is 320 g/mol. The largest absolute Gasteiger partial charge is 0.368 e. The third-order valence-corrected chi connectivity index (χ3v) is 4.89. The van der Waals surface area contributed by atoms with Crippen LogP contribution >= 0.6 is 11.8 Å². The van der Waals surface area contributed by atoms with E-state index >= 15 is 0 Å². The minimum Gasteiger partial charge on any atom is -0.368 e. The number of carbonyl (C=O) groups is 1. The summed E-state index contributed by atoms with van der Waals surface area (Å²) in [6.45, 7) is 3.93. The predicted molar refractivity (Wildman–Crippen MR) is 95.1 cm³/mol. The second-order valence-corrected chi connectivity index (χ2v) is 6.58. The molecule has 0 aliphatic rings. The molecule has 0 fully saturated rings. The van der Waals surface area contributed by atoms with Crippen molar-refractivity contribution in [1.82, 2.24) is 14.8 Å². The van der Waals surface area contributed by atoms with Crippen LogP contribution < -0.4 is 5.73 Å². The maximum absolute atomic E-state index is 11.9. The van der Waals surface area contributed by atoms with Gasteiger partial charge in [0.15, 0.2) is 5.16 Å². The predicted octanol–water partition coefficient (Wildman–Crippen LogP) is 3.20. The van der Waals surface area contributed by atoms with Crippen LogP contribution in [-0.2, 0) is 4.79 Å². The summed E-state index contributed by atoms with van der Waals surface area (Å²) in [6, 6.07) is 17.6. The van der Waals surface area contributed by atoms with Gasteiger partial charge in [0.1, 0.15) is 11.1 Å². The standard InChI is InChI=1S/C18H18N4OS/c1-12-8-10-15(11-9-12)22-13(2)20-21-18(22)24-16(17(19)23)14-6-4-3-5-7-14/h3-11,16H,1-2H3,(H2,19,23). The van der Waals surface area contributed by atoms with E-state index in [1.54, 1.807) is 0 Å². The first-order valence-electron chi connectivity index (χ1n) is 7.56. The van der Waals surface area contributed by atoms with Crippen LogP contribution in [0.25, 0.3) is 5.69 Å². The summed E-state index contributed by atoms with van der Waals surface area (Å²) in [5.41, 5.74) is 8.61. The Morgan fingerprint density at radius 3 is 2.33 bits per heavy atom. The fourth-order valence-corrected chi connectivity index (χ4v) is 3.49. The van der Waals surface area contributed by atoms with Crippen molar-refractivity contribution >= 4 is 17.7 Å². The van der Waals surface area contributed by atoms with Crippen molar-refractivity contribution in [3.63, 3.8) is 0 Å². The summed E-state index contributed by atoms with van der Waals surface area (Å²) in [5.74, 6) is 0.361. The molecule has 122 valence electrons. The van der Waals surface area contributed by atoms with Crippen molar-refractivity contribution in [3.05, 3.63) is 71.5 Å². The highest BCUT2D eigenvalue weighted by Crippen LogP contribution is 2.35. The number of benzene rings is 2. The van der Waals surface area contributed by atoms with Gasteiger partial charge in [0.05, 0.1) is 0 Å². The van der Waals surface area contributed by atoms with Gasteiger partial charge in [-0.3, -0.25) is 9.36 Å². The van der Waals surface area contributed by atoms with Gasteiger partial charge in [0.25, 0.3) is 0 Å². The summed E-state index contributed by atoms with van der Waals surface area (Å²) in [6.07, 6.45) is 0. The van der Waals surface area contributed by atoms with E-state index in [2.05, 4.69) is 10.2 Å². The Morgan fingerprint density at radius 1 is 1.04 bits per heavy atom. The second kappa shape index (κ2) is 6.88. The maximum atomic E-state index is 11.9. The molecule has 1 heterocycles. The molecule has 24 heavy (non-hydrogen) atoms. The molecule has 2 N–H and O–H groups in total. The maximum Gasteiger partial charge on any atom is 0.235 e. The fourth-order valence-electron chi connectivity index (χ4n) is 2.43. The Hall–Kier alpha value is -2.60. The highest BCUT2D eigenvalue weighted by atomic mass is 32.2. The van der Waals surface area contributed by atoms with Crippen LogP contribution in [0, 0.1) is 13.8 Å². The van der Waals surface area contributed by atoms with Gasteiger partial charge >= 0.3 is 0 Å². The Morgan fingerprint density at radius 2 is 1.71 bits per heavy atom. The molecule has 0 bridgehead atoms. The van der Waals surface area contributed by atoms with Gasteiger partial charge in [-0.05, 0) is 31.5 Å². The molecule has 0 saturated carbocycles. The van der Waals surface area contributed by atoms with Gasteiger partial charge in [-0.2, -0.15) is 0 Å². The number of thioether (sulfide) groups is 1. The number of carbonyl (C=O) groups excluding carboxylic acids is 1. The molecule has 0 radical (unpaired) electrons. The van der Waals surface area contributed by atoms with Gasteiger partial charge < -0.3 is 5.73 Å². The number of rotatable bonds is 5. The molecule has 1 unspecified atom stereocenters. The molecule has 2 aromatic carbocycles. The highest BCUT2D eigenvalue weighted by molar-refractivity contribution is 8.00. The minimum atomic E-state index is -0.515. The van der Waals surface area contributed by atoms with E-state index in [1.807, 2.05) is 73.0 Å². The third-order valence-electron chi connectivity index (χ3n) is 3.67. The summed E-state index contributed by atoms with van der Waals surface area (Å²) < 4.78 is 1.93. The van der Waals surface area contributed by atoms with E-state index in [-0.39, 0.29) is 0 Å². The Balaban J connectivity index is 1.98. The molecular formula is C18H18N4OS. The van der Waals surface area contributed by atoms with Crippen LogP contribution in [0.1, 0.15) is 22.2 Å². The normalized spacial score (nSPS) is 12.1. The van der Waals surface area contributed by atoms with Gasteiger partial charge in [0, 0.05) is 5.69 Å². The molecule has 6 heteroatoms. The topological polar surface area (TPSA) is 73.8 Å². The number of aryl methyl sites for hydroxylation is 2. The highest BCUT2D eigenvalue weighted by Gasteiger charge is 2.23. The molecule has 0 spiro atoms. The monoisotopic (exact) mass is 338 g/mol. The zero-order valence-electron chi connectivity index (χ0n) is 13.5. The lowest BCUT2D eigenvalue weighted by molar-refractivity contribution is -0.117. The molecule has 0 saturated heterocycles. The van der Waals surface area contributed by atoms with Crippen molar-refractivity contribution < 1.29 is 4.79 Å². The zero-order valence-corrected chi connectivity index (χ0v) is 14.3. The van der Waals surface area contributed by atoms with Gasteiger partial charge in [-0.25, -0.2) is 0 Å². The zero-order chi connectivity index (χ0) is 17.1. The van der Waals surface area contributed by atoms with Crippen LogP contribution in [0.2, 0.25) is 0 Å². The van der Waals surface area contributed by atoms with E-state index in [0.29, 0.717) is 5.16 Å². The van der Waals surface area contributed by atoms with Crippen molar-refractivity contribution in [3.8, 4) is 5.69 Å². The summed E-state index contributed by atoms with van der Waals surface area (Å²) in [4.78, 5) is 11.9. The van der Waals surface area contributed by atoms with Crippen LogP contribution in [0.5, 0.6) is 0 Å². The molecule has 3 rings (SSSR count). The molecule has 1 aromatic heterocycles. The van der Waals surface area contributed by atoms with Crippen LogP contribution in [0.4, 0.5) is 0 Å². The lowest BCUT2D eigenvalue weighted by Crippen LogP contribution is -2.19. The fraction of sp³-hybridized carbons (Fsp3) is 0.167. The Kier molecular flexibility index (Phi) is 4.66. The number of primary amides is 1. The van der Waals surface area contributed by atoms with Crippen molar-refractivity contribution in [2.45, 2.75) is 24.3 Å². The quantitative estimate of drug-likeness (QED) is 0.725. The Bertz CT molecular complexity index is 843. The van der Waals surface area contributed by atoms with Gasteiger partial charge in [0.2, 0.25) is 5.91 Å². The molecule has 5 nitrogen and oxygen atoms in total. The molecule has 0 aliphatic carbocycles. The van der Waals surface area contributed by atoms with Crippen LogP contribution in [0.15, 0.2) is 59.8 Å². The number of nitrogens with two attached hydrogens (primary N) is 1. The third kappa shape index (κ3) is 3.33. The van der Waals surface area contributed by atoms with Gasteiger partial charge in [-0.1, -0.05) is 59.8 Å². The van der Waals surface area contributed by atoms with Crippen LogP contribution in [-0.4, -0.2) is 20.7 Å². The van der Waals surface area contributed by atoms with E-state index in [1.165, 1.54) is 17.3 Å². The molecule has 3 aromatic rings. The lowest BCUT2D eigenvalue weighted by atomic mass is 10.1. The van der Waals surface area contributed by atoms with Crippen molar-refractivity contribution in [2.75, 3.05) is 0 Å². The summed E-state index contributed by atoms with van der Waals surface area (Å²) in [7, 11) is 0. The number of hydrogen-bond acceptors (Lipinski definition) is 4. The second-order valence-electron chi connectivity index (χ2n) is 5.51. The summed E-state index contributed by atoms with van der Waals surface area (Å²) >= 11 is 1.31. The average Bonchev–Trinajstić information content (AvgIpc) is 2.94. The first kappa shape index (κ1) is 16.3. The first-order chi connectivity index (χ1) is 11.6. The van der Waals surface area contributed by atoms with Gasteiger partial charge in [-0.15, -0.1) is 10.2 Å². The van der Waals surface area contributed by atoms with Crippen LogP contribution in [0.3, 0.4) is 0 Å². The average molecular weight is 338 g/mol. The SMILES string of the molecule is Cc1ccc(-n2c(C)nnc2SC(C(N)=O)c2ccccc2)cc1. The molecule has 0 aliphatic heterocycles. The van der Waals surface area contributed by atoms with Crippen molar-refractivity contribution in [2.24, 2.45) is 5.73 Å². The van der Waals surface area contributed by atoms with E-state index in [4.69, 9.17) is 5.73 Å². The Labute approximate surface area is 144 Å². The lowest BCUT2D eigenvalue weighted by Gasteiger charge is -2.14. The van der Waals surface area contributed by atoms with E-state index in [9.17, 15) is 4.79 Å². The first-order valence-corrected chi connectivity index (χ1v) is 8.44. The number of aromatic nitrogens is 3.